The Hall–Kier alpha value is -5.14. The van der Waals surface area contributed by atoms with Crippen LogP contribution in [0.25, 0.3) is 31.8 Å². The molecule has 0 amide bonds. The maximum absolute atomic E-state index is 14.1. The molecule has 1 atom stereocenters. The molecule has 0 radical (unpaired) electrons. The summed E-state index contributed by atoms with van der Waals surface area (Å²) in [5, 5.41) is 11.4. The van der Waals surface area contributed by atoms with E-state index in [-0.39, 0.29) is 24.7 Å². The number of pyridine rings is 1. The summed E-state index contributed by atoms with van der Waals surface area (Å²) >= 11 is 8.39. The van der Waals surface area contributed by atoms with E-state index >= 15 is 0 Å². The number of halogens is 2. The molecule has 1 N–H and O–H groups in total. The van der Waals surface area contributed by atoms with Crippen LogP contribution in [0.5, 0.6) is 17.4 Å². The molecule has 10 nitrogen and oxygen atoms in total. The lowest BCUT2D eigenvalue weighted by atomic mass is 9.96. The van der Waals surface area contributed by atoms with E-state index in [1.54, 1.807) is 24.4 Å². The molecule has 0 aliphatic carbocycles. The number of hydrogen-bond donors (Lipinski definition) is 1. The minimum absolute atomic E-state index is 0.00542. The van der Waals surface area contributed by atoms with Gasteiger partial charge in [-0.05, 0) is 72.6 Å². The van der Waals surface area contributed by atoms with Crippen molar-refractivity contribution in [1.29, 1.82) is 0 Å². The predicted molar refractivity (Wildman–Crippen MR) is 208 cm³/mol. The molecule has 1 saturated heterocycles. The lowest BCUT2D eigenvalue weighted by Gasteiger charge is -2.32. The Labute approximate surface area is 321 Å². The Bertz CT molecular complexity index is 2230. The highest BCUT2D eigenvalue weighted by Gasteiger charge is 2.28. The lowest BCUT2D eigenvalue weighted by molar-refractivity contribution is -0.145. The summed E-state index contributed by atoms with van der Waals surface area (Å²) in [6.07, 6.45) is 1.71. The van der Waals surface area contributed by atoms with E-state index in [0.29, 0.717) is 44.5 Å². The highest BCUT2D eigenvalue weighted by Crippen LogP contribution is 2.49. The minimum atomic E-state index is -1.33. The van der Waals surface area contributed by atoms with Crippen molar-refractivity contribution in [3.63, 3.8) is 0 Å². The van der Waals surface area contributed by atoms with Gasteiger partial charge >= 0.3 is 5.97 Å². The van der Waals surface area contributed by atoms with Gasteiger partial charge in [0.1, 0.15) is 41.7 Å². The van der Waals surface area contributed by atoms with Crippen molar-refractivity contribution in [3.05, 3.63) is 119 Å². The average molecular weight is 768 g/mol. The number of rotatable bonds is 14. The van der Waals surface area contributed by atoms with Crippen molar-refractivity contribution in [1.82, 2.24) is 24.8 Å². The molecule has 4 heterocycles. The Morgan fingerprint density at radius 1 is 0.944 bits per heavy atom. The molecule has 0 bridgehead atoms. The van der Waals surface area contributed by atoms with Gasteiger partial charge in [0.2, 0.25) is 12.0 Å². The fourth-order valence-corrected chi connectivity index (χ4v) is 7.79. The SMILES string of the molecule is Cc1c(-c2c(-c3ccc(F)cc3)sc3ncnc(O[C@H](Cc4ccccc4OCc4ccccn4)C(=O)O)c23)ccc(OCCN2CCN(C)CC2)c1Cl. The van der Waals surface area contributed by atoms with Gasteiger partial charge in [0, 0.05) is 55.8 Å². The van der Waals surface area contributed by atoms with Gasteiger partial charge in [0.25, 0.3) is 0 Å². The Morgan fingerprint density at radius 3 is 2.48 bits per heavy atom. The number of thiophene rings is 1. The normalized spacial score (nSPS) is 14.2. The fourth-order valence-electron chi connectivity index (χ4n) is 6.42. The molecular weight excluding hydrogens is 729 g/mol. The number of carboxylic acid groups (broad SMARTS) is 1. The maximum atomic E-state index is 14.1. The van der Waals surface area contributed by atoms with Gasteiger partial charge in [-0.2, -0.15) is 0 Å². The number of likely N-dealkylation sites (N-methyl/N-ethyl adjacent to an activating group) is 1. The van der Waals surface area contributed by atoms with E-state index < -0.39 is 12.1 Å². The number of carbonyl (C=O) groups is 1. The van der Waals surface area contributed by atoms with E-state index in [1.807, 2.05) is 55.5 Å². The maximum Gasteiger partial charge on any atom is 0.345 e. The number of para-hydroxylation sites is 1. The molecule has 7 rings (SSSR count). The van der Waals surface area contributed by atoms with Crippen LogP contribution in [0.1, 0.15) is 16.8 Å². The highest BCUT2D eigenvalue weighted by molar-refractivity contribution is 7.22. The molecule has 0 unspecified atom stereocenters. The second-order valence-electron chi connectivity index (χ2n) is 13.1. The number of aromatic nitrogens is 3. The topological polar surface area (TPSA) is 110 Å². The molecule has 54 heavy (non-hydrogen) atoms. The third-order valence-corrected chi connectivity index (χ3v) is 11.1. The van der Waals surface area contributed by atoms with Crippen molar-refractivity contribution in [2.45, 2.75) is 26.1 Å². The molecule has 3 aromatic carbocycles. The zero-order valence-corrected chi connectivity index (χ0v) is 31.4. The summed E-state index contributed by atoms with van der Waals surface area (Å²) in [6.45, 7) is 7.44. The van der Waals surface area contributed by atoms with E-state index in [2.05, 4.69) is 31.8 Å². The third kappa shape index (κ3) is 8.47. The number of piperazine rings is 1. The van der Waals surface area contributed by atoms with Crippen LogP contribution < -0.4 is 14.2 Å². The first-order valence-corrected chi connectivity index (χ1v) is 18.8. The Kier molecular flexibility index (Phi) is 11.6. The third-order valence-electron chi connectivity index (χ3n) is 9.45. The quantitative estimate of drug-likeness (QED) is 0.118. The zero-order chi connectivity index (χ0) is 37.6. The minimum Gasteiger partial charge on any atom is -0.491 e. The summed E-state index contributed by atoms with van der Waals surface area (Å²) < 4.78 is 32.7. The van der Waals surface area contributed by atoms with Crippen molar-refractivity contribution < 1.29 is 28.5 Å². The van der Waals surface area contributed by atoms with Crippen LogP contribution in [0.4, 0.5) is 4.39 Å². The van der Waals surface area contributed by atoms with Crippen LogP contribution in [0.2, 0.25) is 5.02 Å². The van der Waals surface area contributed by atoms with Crippen LogP contribution in [0, 0.1) is 12.7 Å². The smallest absolute Gasteiger partial charge is 0.345 e. The molecule has 6 aromatic rings. The van der Waals surface area contributed by atoms with E-state index in [1.165, 1.54) is 29.8 Å². The number of benzene rings is 3. The van der Waals surface area contributed by atoms with Gasteiger partial charge in [0.05, 0.1) is 16.1 Å². The lowest BCUT2D eigenvalue weighted by Crippen LogP contribution is -2.45. The molecule has 3 aromatic heterocycles. The van der Waals surface area contributed by atoms with Crippen molar-refractivity contribution >= 4 is 39.1 Å². The predicted octanol–water partition coefficient (Wildman–Crippen LogP) is 7.80. The first kappa shape index (κ1) is 37.2. The van der Waals surface area contributed by atoms with Gasteiger partial charge in [-0.15, -0.1) is 11.3 Å². The van der Waals surface area contributed by atoms with Crippen LogP contribution in [0.3, 0.4) is 0 Å². The van der Waals surface area contributed by atoms with Crippen LogP contribution >= 0.6 is 22.9 Å². The molecular formula is C41H39ClFN5O5S. The molecule has 1 aliphatic heterocycles. The second kappa shape index (κ2) is 16.9. The molecule has 1 aliphatic rings. The number of carboxylic acids is 1. The molecule has 0 spiro atoms. The van der Waals surface area contributed by atoms with Crippen molar-refractivity contribution in [2.75, 3.05) is 46.4 Å². The van der Waals surface area contributed by atoms with Crippen molar-refractivity contribution in [3.8, 4) is 38.9 Å². The monoisotopic (exact) mass is 767 g/mol. The van der Waals surface area contributed by atoms with Crippen LogP contribution in [0.15, 0.2) is 91.4 Å². The number of aliphatic carboxylic acids is 1. The highest BCUT2D eigenvalue weighted by atomic mass is 35.5. The largest absolute Gasteiger partial charge is 0.491 e. The van der Waals surface area contributed by atoms with Gasteiger partial charge in [-0.25, -0.2) is 19.2 Å². The summed E-state index contributed by atoms with van der Waals surface area (Å²) in [7, 11) is 2.13. The number of ether oxygens (including phenoxy) is 3. The fraction of sp³-hybridized carbons (Fsp3) is 0.268. The van der Waals surface area contributed by atoms with E-state index in [4.69, 9.17) is 25.8 Å². The first-order chi connectivity index (χ1) is 26.2. The number of hydrogen-bond acceptors (Lipinski definition) is 10. The van der Waals surface area contributed by atoms with Crippen LogP contribution in [-0.4, -0.2) is 88.3 Å². The second-order valence-corrected chi connectivity index (χ2v) is 14.5. The Morgan fingerprint density at radius 2 is 1.72 bits per heavy atom. The molecule has 13 heteroatoms. The number of fused-ring (bicyclic) bond motifs is 1. The van der Waals surface area contributed by atoms with Gasteiger partial charge in [-0.1, -0.05) is 54.1 Å². The molecule has 1 fully saturated rings. The van der Waals surface area contributed by atoms with E-state index in [0.717, 1.165) is 60.0 Å². The van der Waals surface area contributed by atoms with Gasteiger partial charge in [0.15, 0.2) is 0 Å². The summed E-state index contributed by atoms with van der Waals surface area (Å²) in [5.74, 6) is -0.346. The van der Waals surface area contributed by atoms with Gasteiger partial charge < -0.3 is 24.2 Å². The number of nitrogens with zero attached hydrogens (tertiary/aromatic N) is 5. The summed E-state index contributed by atoms with van der Waals surface area (Å²) in [6, 6.07) is 22.8. The van der Waals surface area contributed by atoms with E-state index in [9.17, 15) is 14.3 Å². The van der Waals surface area contributed by atoms with Crippen molar-refractivity contribution in [2.24, 2.45) is 0 Å². The molecule has 278 valence electrons. The first-order valence-electron chi connectivity index (χ1n) is 17.6. The van der Waals surface area contributed by atoms with Gasteiger partial charge in [-0.3, -0.25) is 9.88 Å². The Balaban J connectivity index is 1.22. The summed E-state index contributed by atoms with van der Waals surface area (Å²) in [5.41, 5.74) is 4.34. The summed E-state index contributed by atoms with van der Waals surface area (Å²) in [4.78, 5) is 32.2. The van der Waals surface area contributed by atoms with Crippen LogP contribution in [-0.2, 0) is 17.8 Å². The average Bonchev–Trinajstić information content (AvgIpc) is 3.57. The molecule has 0 saturated carbocycles. The standard InChI is InChI=1S/C41H39ClFN5O5S/c1-26-31(14-15-33(37(26)42)51-22-21-48-19-17-47(2)18-20-48)35-36-39(45-25-46-40(36)54-38(35)27-10-12-29(43)13-11-27)53-34(41(49)50)23-28-7-3-4-9-32(28)52-24-30-8-5-6-16-44-30/h3-16,25,34H,17-24H2,1-2H3,(H,49,50)/t34-/m1/s1. The zero-order valence-electron chi connectivity index (χ0n) is 29.9.